The number of rotatable bonds is 6. The Labute approximate surface area is 146 Å². The van der Waals surface area contributed by atoms with Gasteiger partial charge in [0.05, 0.1) is 5.69 Å². The van der Waals surface area contributed by atoms with Gasteiger partial charge in [-0.2, -0.15) is 0 Å². The van der Waals surface area contributed by atoms with Crippen LogP contribution in [0.4, 0.5) is 4.79 Å². The molecule has 1 aliphatic heterocycles. The molecule has 2 aromatic heterocycles. The van der Waals surface area contributed by atoms with Crippen molar-refractivity contribution in [1.29, 1.82) is 0 Å². The lowest BCUT2D eigenvalue weighted by Gasteiger charge is -2.34. The van der Waals surface area contributed by atoms with Crippen LogP contribution in [0.1, 0.15) is 17.5 Å². The van der Waals surface area contributed by atoms with Gasteiger partial charge in [0.15, 0.2) is 0 Å². The van der Waals surface area contributed by atoms with Crippen molar-refractivity contribution in [1.82, 2.24) is 20.3 Å². The number of thiophene rings is 1. The zero-order chi connectivity index (χ0) is 16.8. The number of hydrogen-bond acceptors (Lipinski definition) is 5. The fraction of sp³-hybridized carbons (Fsp3) is 0.529. The van der Waals surface area contributed by atoms with Crippen LogP contribution in [0.3, 0.4) is 0 Å². The molecular formula is C17H24N4O2S. The molecule has 0 spiro atoms. The molecule has 3 heterocycles. The van der Waals surface area contributed by atoms with Crippen LogP contribution in [-0.2, 0) is 13.0 Å². The molecular weight excluding hydrogens is 324 g/mol. The highest BCUT2D eigenvalue weighted by atomic mass is 32.1. The van der Waals surface area contributed by atoms with Crippen LogP contribution in [0.25, 0.3) is 0 Å². The van der Waals surface area contributed by atoms with Gasteiger partial charge < -0.3 is 14.7 Å². The molecule has 1 atom stereocenters. The standard InChI is InChI=1S/C17H24N4O2S/c1-14(11-16-3-2-10-24-16)12-18-17(22)21-7-5-20(6-8-21)13-15-4-9-23-19-15/h2-4,9-10,14H,5-8,11-13H2,1H3,(H,18,22). The third kappa shape index (κ3) is 4.82. The van der Waals surface area contributed by atoms with Gasteiger partial charge >= 0.3 is 6.03 Å². The van der Waals surface area contributed by atoms with Gasteiger partial charge in [-0.25, -0.2) is 4.79 Å². The van der Waals surface area contributed by atoms with E-state index in [0.29, 0.717) is 5.92 Å². The molecule has 24 heavy (non-hydrogen) atoms. The average Bonchev–Trinajstić information content (AvgIpc) is 3.27. The molecule has 1 saturated heterocycles. The molecule has 2 aromatic rings. The molecule has 0 radical (unpaired) electrons. The molecule has 0 saturated carbocycles. The van der Waals surface area contributed by atoms with Crippen molar-refractivity contribution in [2.45, 2.75) is 19.9 Å². The maximum atomic E-state index is 12.3. The highest BCUT2D eigenvalue weighted by Crippen LogP contribution is 2.14. The summed E-state index contributed by atoms with van der Waals surface area (Å²) in [6, 6.07) is 6.16. The maximum Gasteiger partial charge on any atom is 0.317 e. The van der Waals surface area contributed by atoms with Crippen molar-refractivity contribution < 1.29 is 9.32 Å². The van der Waals surface area contributed by atoms with Crippen molar-refractivity contribution >= 4 is 17.4 Å². The second kappa shape index (κ2) is 8.30. The third-order valence-electron chi connectivity index (χ3n) is 4.27. The highest BCUT2D eigenvalue weighted by molar-refractivity contribution is 7.09. The van der Waals surface area contributed by atoms with E-state index in [1.807, 2.05) is 11.0 Å². The summed E-state index contributed by atoms with van der Waals surface area (Å²) in [5, 5.41) is 9.10. The van der Waals surface area contributed by atoms with Crippen LogP contribution in [0, 0.1) is 5.92 Å². The Hall–Kier alpha value is -1.86. The Balaban J connectivity index is 1.35. The van der Waals surface area contributed by atoms with Gasteiger partial charge in [-0.15, -0.1) is 11.3 Å². The summed E-state index contributed by atoms with van der Waals surface area (Å²) < 4.78 is 4.86. The van der Waals surface area contributed by atoms with Crippen molar-refractivity contribution in [2.75, 3.05) is 32.7 Å². The van der Waals surface area contributed by atoms with Crippen molar-refractivity contribution in [3.63, 3.8) is 0 Å². The van der Waals surface area contributed by atoms with Gasteiger partial charge in [0.2, 0.25) is 0 Å². The van der Waals surface area contributed by atoms with E-state index in [1.54, 1.807) is 17.6 Å². The first-order chi connectivity index (χ1) is 11.7. The lowest BCUT2D eigenvalue weighted by molar-refractivity contribution is 0.133. The zero-order valence-electron chi connectivity index (χ0n) is 14.0. The number of aromatic nitrogens is 1. The van der Waals surface area contributed by atoms with Gasteiger partial charge in [0, 0.05) is 50.2 Å². The molecule has 3 rings (SSSR count). The van der Waals surface area contributed by atoms with Crippen LogP contribution < -0.4 is 5.32 Å². The molecule has 1 unspecified atom stereocenters. The van der Waals surface area contributed by atoms with E-state index in [4.69, 9.17) is 4.52 Å². The van der Waals surface area contributed by atoms with Crippen LogP contribution in [0.2, 0.25) is 0 Å². The molecule has 1 aliphatic rings. The summed E-state index contributed by atoms with van der Waals surface area (Å²) in [7, 11) is 0. The first-order valence-electron chi connectivity index (χ1n) is 8.37. The Bertz CT molecular complexity index is 607. The zero-order valence-corrected chi connectivity index (χ0v) is 14.8. The number of nitrogens with zero attached hydrogens (tertiary/aromatic N) is 3. The minimum Gasteiger partial charge on any atom is -0.364 e. The molecule has 1 fully saturated rings. The van der Waals surface area contributed by atoms with Gasteiger partial charge in [-0.1, -0.05) is 18.1 Å². The number of carbonyl (C=O) groups is 1. The van der Waals surface area contributed by atoms with E-state index in [9.17, 15) is 4.79 Å². The summed E-state index contributed by atoms with van der Waals surface area (Å²) >= 11 is 1.77. The Morgan fingerprint density at radius 1 is 1.38 bits per heavy atom. The summed E-state index contributed by atoms with van der Waals surface area (Å²) in [5.74, 6) is 0.445. The largest absolute Gasteiger partial charge is 0.364 e. The van der Waals surface area contributed by atoms with E-state index in [0.717, 1.165) is 51.4 Å². The molecule has 2 amide bonds. The van der Waals surface area contributed by atoms with E-state index >= 15 is 0 Å². The Morgan fingerprint density at radius 2 is 2.21 bits per heavy atom. The summed E-state index contributed by atoms with van der Waals surface area (Å²) in [6.45, 7) is 6.91. The monoisotopic (exact) mass is 348 g/mol. The van der Waals surface area contributed by atoms with Crippen molar-refractivity contribution in [3.05, 3.63) is 40.4 Å². The quantitative estimate of drug-likeness (QED) is 0.871. The maximum absolute atomic E-state index is 12.3. The molecule has 6 nitrogen and oxygen atoms in total. The smallest absolute Gasteiger partial charge is 0.317 e. The van der Waals surface area contributed by atoms with Crippen LogP contribution in [0.15, 0.2) is 34.4 Å². The van der Waals surface area contributed by atoms with Gasteiger partial charge in [0.1, 0.15) is 6.26 Å². The fourth-order valence-corrected chi connectivity index (χ4v) is 3.74. The summed E-state index contributed by atoms with van der Waals surface area (Å²) in [5.41, 5.74) is 0.940. The third-order valence-corrected chi connectivity index (χ3v) is 5.17. The lowest BCUT2D eigenvalue weighted by atomic mass is 10.1. The minimum atomic E-state index is 0.0501. The van der Waals surface area contributed by atoms with E-state index in [2.05, 4.69) is 39.8 Å². The summed E-state index contributed by atoms with van der Waals surface area (Å²) in [6.07, 6.45) is 2.61. The van der Waals surface area contributed by atoms with Gasteiger partial charge in [-0.05, 0) is 23.8 Å². The topological polar surface area (TPSA) is 61.6 Å². The number of hydrogen-bond donors (Lipinski definition) is 1. The number of amides is 2. The normalized spacial score (nSPS) is 17.0. The van der Waals surface area contributed by atoms with E-state index in [-0.39, 0.29) is 6.03 Å². The van der Waals surface area contributed by atoms with Crippen molar-refractivity contribution in [2.24, 2.45) is 5.92 Å². The Morgan fingerprint density at radius 3 is 2.88 bits per heavy atom. The number of nitrogens with one attached hydrogen (secondary N) is 1. The van der Waals surface area contributed by atoms with Crippen LogP contribution in [0.5, 0.6) is 0 Å². The molecule has 0 aromatic carbocycles. The van der Waals surface area contributed by atoms with Gasteiger partial charge in [-0.3, -0.25) is 4.90 Å². The van der Waals surface area contributed by atoms with E-state index < -0.39 is 0 Å². The SMILES string of the molecule is CC(CNC(=O)N1CCN(Cc2ccon2)CC1)Cc1cccs1. The van der Waals surface area contributed by atoms with Gasteiger partial charge in [0.25, 0.3) is 0 Å². The molecule has 0 bridgehead atoms. The molecule has 1 N–H and O–H groups in total. The van der Waals surface area contributed by atoms with Crippen LogP contribution >= 0.6 is 11.3 Å². The summed E-state index contributed by atoms with van der Waals surface area (Å²) in [4.78, 5) is 17.9. The highest BCUT2D eigenvalue weighted by Gasteiger charge is 2.21. The second-order valence-electron chi connectivity index (χ2n) is 6.33. The molecule has 130 valence electrons. The lowest BCUT2D eigenvalue weighted by Crippen LogP contribution is -2.52. The number of carbonyl (C=O) groups excluding carboxylic acids is 1. The van der Waals surface area contributed by atoms with Crippen LogP contribution in [-0.4, -0.2) is 53.7 Å². The predicted molar refractivity (Wildman–Crippen MR) is 93.9 cm³/mol. The predicted octanol–water partition coefficient (Wildman–Crippen LogP) is 2.44. The fourth-order valence-electron chi connectivity index (χ4n) is 2.87. The van der Waals surface area contributed by atoms with Crippen molar-refractivity contribution in [3.8, 4) is 0 Å². The average molecular weight is 348 g/mol. The molecule has 7 heteroatoms. The first kappa shape index (κ1) is 17.0. The molecule has 0 aliphatic carbocycles. The first-order valence-corrected chi connectivity index (χ1v) is 9.25. The minimum absolute atomic E-state index is 0.0501. The number of urea groups is 1. The number of piperazine rings is 1. The Kier molecular flexibility index (Phi) is 5.87. The second-order valence-corrected chi connectivity index (χ2v) is 7.36. The van der Waals surface area contributed by atoms with E-state index in [1.165, 1.54) is 4.88 Å².